The Hall–Kier alpha value is -3.40. The number of aryl methyl sites for hydroxylation is 1. The lowest BCUT2D eigenvalue weighted by Crippen LogP contribution is -2.24. The van der Waals surface area contributed by atoms with Crippen LogP contribution in [0.4, 0.5) is 13.2 Å². The summed E-state index contributed by atoms with van der Waals surface area (Å²) in [5.41, 5.74) is 0.990. The molecule has 1 aromatic carbocycles. The van der Waals surface area contributed by atoms with Crippen molar-refractivity contribution < 1.29 is 13.2 Å². The SMILES string of the molecule is Cn1cnnc1[C@H](c1cccc(-n2cc3c(C(F)(F)F)cc(CN4CCC5(CC5)C4)cn3c2=O)c1)C1CCC1. The Kier molecular flexibility index (Phi) is 5.56. The monoisotopic (exact) mass is 536 g/mol. The average molecular weight is 537 g/mol. The number of imidazole rings is 1. The summed E-state index contributed by atoms with van der Waals surface area (Å²) in [6, 6.07) is 8.76. The first-order valence-corrected chi connectivity index (χ1v) is 13.7. The number of benzene rings is 1. The molecule has 3 aliphatic rings. The second-order valence-electron chi connectivity index (χ2n) is 11.8. The molecule has 39 heavy (non-hydrogen) atoms. The van der Waals surface area contributed by atoms with Crippen LogP contribution in [0.2, 0.25) is 0 Å². The minimum absolute atomic E-state index is 0.00601. The van der Waals surface area contributed by atoms with Crippen molar-refractivity contribution in [2.45, 2.75) is 57.2 Å². The standard InChI is InChI=1S/C29H31F3N6O/c1-35-18-33-34-26(35)25(20-4-2-5-20)21-6-3-7-22(13-21)37-16-24-23(29(30,31)32)12-19(15-38(24)27(37)39)14-36-11-10-28(17-36)8-9-28/h3,6-7,12-13,15-16,18,20,25H,2,4-5,8-11,14,17H2,1H3/t25-/m0/s1. The van der Waals surface area contributed by atoms with Crippen LogP contribution in [-0.2, 0) is 19.8 Å². The van der Waals surface area contributed by atoms with E-state index in [4.69, 9.17) is 0 Å². The van der Waals surface area contributed by atoms with Gasteiger partial charge < -0.3 is 4.57 Å². The van der Waals surface area contributed by atoms with Gasteiger partial charge in [0.15, 0.2) is 0 Å². The summed E-state index contributed by atoms with van der Waals surface area (Å²) < 4.78 is 47.1. The van der Waals surface area contributed by atoms with Crippen molar-refractivity contribution in [3.8, 4) is 5.69 Å². The van der Waals surface area contributed by atoms with E-state index in [-0.39, 0.29) is 11.4 Å². The van der Waals surface area contributed by atoms with E-state index < -0.39 is 17.4 Å². The van der Waals surface area contributed by atoms with Gasteiger partial charge in [0.05, 0.1) is 16.8 Å². The first-order valence-electron chi connectivity index (χ1n) is 13.7. The molecular weight excluding hydrogens is 505 g/mol. The smallest absolute Gasteiger partial charge is 0.320 e. The molecule has 3 fully saturated rings. The molecule has 0 amide bonds. The van der Waals surface area contributed by atoms with Crippen LogP contribution in [0.5, 0.6) is 0 Å². The average Bonchev–Trinajstić information content (AvgIpc) is 3.14. The number of alkyl halides is 3. The first-order chi connectivity index (χ1) is 18.7. The molecule has 2 saturated carbocycles. The van der Waals surface area contributed by atoms with Gasteiger partial charge in [0.1, 0.15) is 12.2 Å². The fourth-order valence-electron chi connectivity index (χ4n) is 6.60. The molecule has 1 saturated heterocycles. The van der Waals surface area contributed by atoms with Crippen LogP contribution in [0.3, 0.4) is 0 Å². The highest BCUT2D eigenvalue weighted by atomic mass is 19.4. The van der Waals surface area contributed by atoms with Crippen molar-refractivity contribution >= 4 is 5.52 Å². The van der Waals surface area contributed by atoms with E-state index in [1.807, 2.05) is 29.8 Å². The van der Waals surface area contributed by atoms with E-state index in [1.165, 1.54) is 34.1 Å². The quantitative estimate of drug-likeness (QED) is 0.342. The Morgan fingerprint density at radius 2 is 1.95 bits per heavy atom. The minimum Gasteiger partial charge on any atom is -0.320 e. The summed E-state index contributed by atoms with van der Waals surface area (Å²) in [7, 11) is 1.92. The first kappa shape index (κ1) is 24.6. The third-order valence-electron chi connectivity index (χ3n) is 9.16. The zero-order chi connectivity index (χ0) is 26.9. The fraction of sp³-hybridized carbons (Fsp3) is 0.483. The summed E-state index contributed by atoms with van der Waals surface area (Å²) >= 11 is 0. The number of rotatable bonds is 6. The van der Waals surface area contributed by atoms with Gasteiger partial charge in [-0.1, -0.05) is 18.6 Å². The van der Waals surface area contributed by atoms with Crippen LogP contribution in [0.1, 0.15) is 67.0 Å². The lowest BCUT2D eigenvalue weighted by molar-refractivity contribution is -0.136. The molecule has 10 heteroatoms. The Morgan fingerprint density at radius 3 is 2.59 bits per heavy atom. The molecule has 0 unspecified atom stereocenters. The second kappa shape index (κ2) is 8.81. The van der Waals surface area contributed by atoms with E-state index in [9.17, 15) is 18.0 Å². The van der Waals surface area contributed by atoms with E-state index >= 15 is 0 Å². The zero-order valence-corrected chi connectivity index (χ0v) is 21.9. The summed E-state index contributed by atoms with van der Waals surface area (Å²) in [4.78, 5) is 15.8. The number of nitrogens with zero attached hydrogens (tertiary/aromatic N) is 6. The number of aromatic nitrogens is 5. The van der Waals surface area contributed by atoms with Gasteiger partial charge in [-0.3, -0.25) is 13.9 Å². The van der Waals surface area contributed by atoms with Gasteiger partial charge in [0.2, 0.25) is 0 Å². The molecule has 3 aromatic heterocycles. The normalized spacial score (nSPS) is 20.1. The van der Waals surface area contributed by atoms with Crippen molar-refractivity contribution in [1.82, 2.24) is 28.6 Å². The Labute approximate surface area is 223 Å². The summed E-state index contributed by atoms with van der Waals surface area (Å²) in [6.45, 7) is 2.22. The van der Waals surface area contributed by atoms with Crippen LogP contribution in [0.25, 0.3) is 11.2 Å². The van der Waals surface area contributed by atoms with Gasteiger partial charge >= 0.3 is 11.9 Å². The van der Waals surface area contributed by atoms with E-state index in [2.05, 4.69) is 15.1 Å². The van der Waals surface area contributed by atoms with Crippen LogP contribution < -0.4 is 5.69 Å². The highest BCUT2D eigenvalue weighted by molar-refractivity contribution is 5.58. The third kappa shape index (κ3) is 4.29. The van der Waals surface area contributed by atoms with Crippen molar-refractivity contribution in [2.75, 3.05) is 13.1 Å². The highest BCUT2D eigenvalue weighted by Gasteiger charge is 2.47. The number of fused-ring (bicyclic) bond motifs is 1. The molecule has 204 valence electrons. The van der Waals surface area contributed by atoms with Gasteiger partial charge in [0.25, 0.3) is 0 Å². The van der Waals surface area contributed by atoms with Crippen molar-refractivity contribution in [1.29, 1.82) is 0 Å². The number of pyridine rings is 1. The van der Waals surface area contributed by atoms with Gasteiger partial charge in [-0.25, -0.2) is 4.79 Å². The second-order valence-corrected chi connectivity index (χ2v) is 11.8. The maximum absolute atomic E-state index is 14.2. The number of hydrogen-bond acceptors (Lipinski definition) is 4. The molecule has 4 aromatic rings. The molecular formula is C29H31F3N6O. The van der Waals surface area contributed by atoms with Gasteiger partial charge in [0, 0.05) is 38.4 Å². The van der Waals surface area contributed by atoms with Crippen molar-refractivity contribution in [3.63, 3.8) is 0 Å². The number of halogens is 3. The molecule has 1 atom stereocenters. The largest absolute Gasteiger partial charge is 0.418 e. The maximum atomic E-state index is 14.2. The summed E-state index contributed by atoms with van der Waals surface area (Å²) in [5.74, 6) is 1.27. The highest BCUT2D eigenvalue weighted by Crippen LogP contribution is 2.53. The molecule has 0 N–H and O–H groups in total. The van der Waals surface area contributed by atoms with Crippen LogP contribution in [0, 0.1) is 11.3 Å². The third-order valence-corrected chi connectivity index (χ3v) is 9.16. The maximum Gasteiger partial charge on any atom is 0.418 e. The Bertz CT molecular complexity index is 1610. The minimum atomic E-state index is -4.58. The lowest BCUT2D eigenvalue weighted by Gasteiger charge is -2.33. The molecule has 0 radical (unpaired) electrons. The van der Waals surface area contributed by atoms with Crippen molar-refractivity contribution in [3.05, 3.63) is 82.1 Å². The molecule has 7 nitrogen and oxygen atoms in total. The lowest BCUT2D eigenvalue weighted by atomic mass is 9.72. The predicted molar refractivity (Wildman–Crippen MR) is 140 cm³/mol. The van der Waals surface area contributed by atoms with Crippen LogP contribution in [-0.4, -0.2) is 41.7 Å². The molecule has 7 rings (SSSR count). The predicted octanol–water partition coefficient (Wildman–Crippen LogP) is 5.16. The van der Waals surface area contributed by atoms with Gasteiger partial charge in [-0.05, 0) is 79.3 Å². The topological polar surface area (TPSA) is 60.4 Å². The van der Waals surface area contributed by atoms with Crippen LogP contribution >= 0.6 is 0 Å². The van der Waals surface area contributed by atoms with Gasteiger partial charge in [-0.2, -0.15) is 13.2 Å². The fourth-order valence-corrected chi connectivity index (χ4v) is 6.60. The molecule has 4 heterocycles. The van der Waals surface area contributed by atoms with Crippen molar-refractivity contribution in [2.24, 2.45) is 18.4 Å². The van der Waals surface area contributed by atoms with E-state index in [0.29, 0.717) is 29.1 Å². The molecule has 1 aliphatic heterocycles. The Balaban J connectivity index is 1.29. The summed E-state index contributed by atoms with van der Waals surface area (Å²) in [5, 5.41) is 8.43. The summed E-state index contributed by atoms with van der Waals surface area (Å²) in [6.07, 6.45) is 6.83. The zero-order valence-electron chi connectivity index (χ0n) is 21.9. The number of likely N-dealkylation sites (tertiary alicyclic amines) is 1. The molecule has 0 bridgehead atoms. The molecule has 2 aliphatic carbocycles. The Morgan fingerprint density at radius 1 is 1.13 bits per heavy atom. The molecule has 1 spiro atoms. The van der Waals surface area contributed by atoms with E-state index in [1.54, 1.807) is 18.6 Å². The van der Waals surface area contributed by atoms with Gasteiger partial charge in [-0.15, -0.1) is 10.2 Å². The van der Waals surface area contributed by atoms with Crippen LogP contribution in [0.15, 0.2) is 53.8 Å². The number of hydrogen-bond donors (Lipinski definition) is 0. The van der Waals surface area contributed by atoms with E-state index in [0.717, 1.165) is 50.2 Å².